The molecule has 1 rings (SSSR count). The van der Waals surface area contributed by atoms with Crippen LogP contribution in [0, 0.1) is 0 Å². The van der Waals surface area contributed by atoms with Crippen molar-refractivity contribution in [3.05, 3.63) is 29.8 Å². The number of hydrogen-bond acceptors (Lipinski definition) is 3. The van der Waals surface area contributed by atoms with Crippen LogP contribution in [0.1, 0.15) is 32.3 Å². The second-order valence-electron chi connectivity index (χ2n) is 5.06. The third-order valence-corrected chi connectivity index (χ3v) is 4.13. The maximum Gasteiger partial charge on any atom is 0.232 e. The highest BCUT2D eigenvalue weighted by atomic mass is 32.2. The van der Waals surface area contributed by atoms with Crippen LogP contribution < -0.4 is 9.62 Å². The highest BCUT2D eigenvalue weighted by molar-refractivity contribution is 7.92. The highest BCUT2D eigenvalue weighted by Crippen LogP contribution is 2.21. The Kier molecular flexibility index (Phi) is 5.56. The zero-order chi connectivity index (χ0) is 15.3. The summed E-state index contributed by atoms with van der Waals surface area (Å²) in [4.78, 5) is 10.9. The molecule has 0 unspecified atom stereocenters. The summed E-state index contributed by atoms with van der Waals surface area (Å²) in [6.07, 6.45) is 1.16. The molecule has 112 valence electrons. The van der Waals surface area contributed by atoms with Crippen molar-refractivity contribution in [2.75, 3.05) is 23.7 Å². The molecule has 6 heteroatoms. The molecule has 1 amide bonds. The van der Waals surface area contributed by atoms with E-state index in [1.54, 1.807) is 12.1 Å². The first-order chi connectivity index (χ1) is 9.21. The largest absolute Gasteiger partial charge is 0.355 e. The van der Waals surface area contributed by atoms with Crippen LogP contribution >= 0.6 is 0 Å². The van der Waals surface area contributed by atoms with Gasteiger partial charge < -0.3 is 5.32 Å². The Morgan fingerprint density at radius 2 is 1.80 bits per heavy atom. The predicted octanol–water partition coefficient (Wildman–Crippen LogP) is 1.71. The van der Waals surface area contributed by atoms with Crippen LogP contribution in [0.3, 0.4) is 0 Å². The van der Waals surface area contributed by atoms with Gasteiger partial charge in [0.25, 0.3) is 0 Å². The third-order valence-electron chi connectivity index (χ3n) is 2.94. The molecule has 0 aromatic heterocycles. The molecule has 0 radical (unpaired) electrons. The zero-order valence-electron chi connectivity index (χ0n) is 12.4. The summed E-state index contributed by atoms with van der Waals surface area (Å²) in [7, 11) is -3.37. The second kappa shape index (κ2) is 6.74. The molecule has 0 saturated heterocycles. The molecule has 0 bridgehead atoms. The van der Waals surface area contributed by atoms with Crippen molar-refractivity contribution in [3.8, 4) is 0 Å². The van der Waals surface area contributed by atoms with Crippen LogP contribution in [0.4, 0.5) is 5.69 Å². The Bertz CT molecular complexity index is 550. The topological polar surface area (TPSA) is 66.5 Å². The molecule has 0 saturated carbocycles. The van der Waals surface area contributed by atoms with Crippen molar-refractivity contribution < 1.29 is 13.2 Å². The van der Waals surface area contributed by atoms with Crippen LogP contribution in [-0.4, -0.2) is 33.7 Å². The molecule has 1 N–H and O–H groups in total. The highest BCUT2D eigenvalue weighted by Gasteiger charge is 2.17. The van der Waals surface area contributed by atoms with Crippen molar-refractivity contribution in [1.82, 2.24) is 5.32 Å². The first-order valence-corrected chi connectivity index (χ1v) is 8.38. The van der Waals surface area contributed by atoms with Crippen molar-refractivity contribution in [3.63, 3.8) is 0 Å². The smallest absolute Gasteiger partial charge is 0.232 e. The maximum atomic E-state index is 11.8. The molecule has 1 aromatic carbocycles. The minimum Gasteiger partial charge on any atom is -0.355 e. The van der Waals surface area contributed by atoms with E-state index in [2.05, 4.69) is 19.2 Å². The first-order valence-electron chi connectivity index (χ1n) is 6.54. The van der Waals surface area contributed by atoms with Gasteiger partial charge in [-0.25, -0.2) is 8.42 Å². The monoisotopic (exact) mass is 298 g/mol. The fourth-order valence-corrected chi connectivity index (χ4v) is 2.77. The Balaban J connectivity index is 2.91. The Morgan fingerprint density at radius 3 is 2.20 bits per heavy atom. The van der Waals surface area contributed by atoms with Crippen LogP contribution in [-0.2, 0) is 14.8 Å². The number of hydrogen-bond donors (Lipinski definition) is 1. The normalized spacial score (nSPS) is 11.4. The van der Waals surface area contributed by atoms with Gasteiger partial charge in [-0.2, -0.15) is 0 Å². The van der Waals surface area contributed by atoms with E-state index in [0.29, 0.717) is 11.6 Å². The lowest BCUT2D eigenvalue weighted by atomic mass is 10.0. The summed E-state index contributed by atoms with van der Waals surface area (Å²) in [5, 5.41) is 2.60. The van der Waals surface area contributed by atoms with E-state index in [1.165, 1.54) is 11.2 Å². The SMILES string of the molecule is CC(=O)NCCN(c1ccc(C(C)C)cc1)S(C)(=O)=O. The van der Waals surface area contributed by atoms with Gasteiger partial charge in [-0.1, -0.05) is 26.0 Å². The summed E-state index contributed by atoms with van der Waals surface area (Å²) in [5.41, 5.74) is 1.77. The fourth-order valence-electron chi connectivity index (χ4n) is 1.85. The lowest BCUT2D eigenvalue weighted by Crippen LogP contribution is -2.37. The maximum absolute atomic E-state index is 11.8. The number of sulfonamides is 1. The van der Waals surface area contributed by atoms with Gasteiger partial charge in [-0.05, 0) is 23.6 Å². The average molecular weight is 298 g/mol. The van der Waals surface area contributed by atoms with Gasteiger partial charge in [0.15, 0.2) is 0 Å². The van der Waals surface area contributed by atoms with E-state index in [4.69, 9.17) is 0 Å². The van der Waals surface area contributed by atoms with Crippen molar-refractivity contribution >= 4 is 21.6 Å². The second-order valence-corrected chi connectivity index (χ2v) is 6.97. The van der Waals surface area contributed by atoms with Gasteiger partial charge in [0.2, 0.25) is 15.9 Å². The van der Waals surface area contributed by atoms with Crippen LogP contribution in [0.25, 0.3) is 0 Å². The van der Waals surface area contributed by atoms with Crippen LogP contribution in [0.5, 0.6) is 0 Å². The number of carbonyl (C=O) groups excluding carboxylic acids is 1. The summed E-state index contributed by atoms with van der Waals surface area (Å²) >= 11 is 0. The number of nitrogens with zero attached hydrogens (tertiary/aromatic N) is 1. The standard InChI is InChI=1S/C14H22N2O3S/c1-11(2)13-5-7-14(8-6-13)16(20(4,18)19)10-9-15-12(3)17/h5-8,11H,9-10H2,1-4H3,(H,15,17). The molecule has 0 heterocycles. The molecular formula is C14H22N2O3S. The van der Waals surface area contributed by atoms with Gasteiger partial charge in [-0.15, -0.1) is 0 Å². The summed E-state index contributed by atoms with van der Waals surface area (Å²) in [6.45, 7) is 6.08. The lowest BCUT2D eigenvalue weighted by molar-refractivity contribution is -0.118. The minimum absolute atomic E-state index is 0.173. The molecular weight excluding hydrogens is 276 g/mol. The molecule has 0 aliphatic carbocycles. The van der Waals surface area contributed by atoms with E-state index in [9.17, 15) is 13.2 Å². The molecule has 0 fully saturated rings. The number of carbonyl (C=O) groups is 1. The van der Waals surface area contributed by atoms with Gasteiger partial charge in [-0.3, -0.25) is 9.10 Å². The van der Waals surface area contributed by atoms with E-state index in [0.717, 1.165) is 11.8 Å². The van der Waals surface area contributed by atoms with E-state index in [-0.39, 0.29) is 19.0 Å². The molecule has 0 aliphatic rings. The van der Waals surface area contributed by atoms with Gasteiger partial charge in [0.05, 0.1) is 18.5 Å². The Morgan fingerprint density at radius 1 is 1.25 bits per heavy atom. The first kappa shape index (κ1) is 16.5. The molecule has 5 nitrogen and oxygen atoms in total. The number of amides is 1. The van der Waals surface area contributed by atoms with Gasteiger partial charge in [0, 0.05) is 13.5 Å². The quantitative estimate of drug-likeness (QED) is 0.869. The van der Waals surface area contributed by atoms with E-state index in [1.807, 2.05) is 12.1 Å². The van der Waals surface area contributed by atoms with E-state index >= 15 is 0 Å². The Labute approximate surface area is 121 Å². The van der Waals surface area contributed by atoms with Crippen molar-refractivity contribution in [1.29, 1.82) is 0 Å². The summed E-state index contributed by atoms with van der Waals surface area (Å²) in [5.74, 6) is 0.226. The number of rotatable bonds is 6. The lowest BCUT2D eigenvalue weighted by Gasteiger charge is -2.23. The zero-order valence-corrected chi connectivity index (χ0v) is 13.2. The average Bonchev–Trinajstić information content (AvgIpc) is 2.33. The van der Waals surface area contributed by atoms with Gasteiger partial charge in [0.1, 0.15) is 0 Å². The van der Waals surface area contributed by atoms with Gasteiger partial charge >= 0.3 is 0 Å². The van der Waals surface area contributed by atoms with Crippen molar-refractivity contribution in [2.45, 2.75) is 26.7 Å². The van der Waals surface area contributed by atoms with E-state index < -0.39 is 10.0 Å². The van der Waals surface area contributed by atoms with Crippen LogP contribution in [0.2, 0.25) is 0 Å². The number of nitrogens with one attached hydrogen (secondary N) is 1. The molecule has 1 aromatic rings. The third kappa shape index (κ3) is 4.85. The van der Waals surface area contributed by atoms with Crippen LogP contribution in [0.15, 0.2) is 24.3 Å². The number of anilines is 1. The molecule has 0 atom stereocenters. The summed E-state index contributed by atoms with van der Waals surface area (Å²) in [6, 6.07) is 7.45. The molecule has 20 heavy (non-hydrogen) atoms. The minimum atomic E-state index is -3.37. The van der Waals surface area contributed by atoms with Crippen molar-refractivity contribution in [2.24, 2.45) is 0 Å². The summed E-state index contributed by atoms with van der Waals surface area (Å²) < 4.78 is 25.0. The fraction of sp³-hybridized carbons (Fsp3) is 0.500. The molecule has 0 spiro atoms. The Hall–Kier alpha value is -1.56. The predicted molar refractivity (Wildman–Crippen MR) is 81.4 cm³/mol. The molecule has 0 aliphatic heterocycles. The number of benzene rings is 1.